The predicted octanol–water partition coefficient (Wildman–Crippen LogP) is -0.269. The van der Waals surface area contributed by atoms with Gasteiger partial charge in [-0.25, -0.2) is 0 Å². The Morgan fingerprint density at radius 3 is 1.57 bits per heavy atom. The summed E-state index contributed by atoms with van der Waals surface area (Å²) in [4.78, 5) is -4.83. The Morgan fingerprint density at radius 1 is 1.43 bits per heavy atom. The number of alkyl halides is 3. The minimum atomic E-state index is -4.84. The van der Waals surface area contributed by atoms with Crippen LogP contribution in [-0.2, 0) is 3.74 Å². The van der Waals surface area contributed by atoms with Gasteiger partial charge < -0.3 is 0 Å². The molecule has 1 N–H and O–H groups in total. The first-order chi connectivity index (χ1) is 2.94. The van der Waals surface area contributed by atoms with Gasteiger partial charge in [-0.15, -0.1) is 0 Å². The summed E-state index contributed by atoms with van der Waals surface area (Å²) in [5, 5.41) is 0. The Labute approximate surface area is 41.8 Å². The molecule has 0 bridgehead atoms. The third-order valence-electron chi connectivity index (χ3n) is 0.243. The third-order valence-corrected chi connectivity index (χ3v) is 1.26. The second-order valence-corrected chi connectivity index (χ2v) is 3.27. The average molecular weight is 178 g/mol. The predicted molar refractivity (Wildman–Crippen MR) is 16.1 cm³/mol. The van der Waals surface area contributed by atoms with Gasteiger partial charge in [-0.1, -0.05) is 0 Å². The summed E-state index contributed by atoms with van der Waals surface area (Å²) in [5.41, 5.74) is 0. The van der Waals surface area contributed by atoms with Gasteiger partial charge in [0.25, 0.3) is 0 Å². The van der Waals surface area contributed by atoms with E-state index in [1.54, 1.807) is 0 Å². The van der Waals surface area contributed by atoms with Gasteiger partial charge >= 0.3 is 40.9 Å². The van der Waals surface area contributed by atoms with Crippen LogP contribution in [0.25, 0.3) is 0 Å². The Balaban J connectivity index is 3.79. The fraction of sp³-hybridized carbons (Fsp3) is 1.00. The molecule has 0 aliphatic heterocycles. The second kappa shape index (κ2) is 1.92. The molecule has 0 saturated heterocycles. The molecule has 0 aromatic carbocycles. The molecule has 0 radical (unpaired) electrons. The van der Waals surface area contributed by atoms with Crippen LogP contribution in [0.1, 0.15) is 0 Å². The molecule has 2 nitrogen and oxygen atoms in total. The van der Waals surface area contributed by atoms with E-state index in [-0.39, 0.29) is 0 Å². The second-order valence-electron chi connectivity index (χ2n) is 0.803. The normalized spacial score (nSPS) is 16.6. The van der Waals surface area contributed by atoms with Crippen LogP contribution >= 0.6 is 0 Å². The van der Waals surface area contributed by atoms with E-state index in [1.165, 1.54) is 0 Å². The van der Waals surface area contributed by atoms with Crippen molar-refractivity contribution in [3.63, 3.8) is 0 Å². The molecule has 7 heavy (non-hydrogen) atoms. The molecule has 44 valence electrons. The summed E-state index contributed by atoms with van der Waals surface area (Å²) in [6.07, 6.45) is 0. The quantitative estimate of drug-likeness (QED) is 0.518. The molecule has 1 unspecified atom stereocenters. The molecule has 1 atom stereocenters. The van der Waals surface area contributed by atoms with Gasteiger partial charge in [0.1, 0.15) is 0 Å². The van der Waals surface area contributed by atoms with Crippen molar-refractivity contribution < 1.29 is 21.0 Å². The Morgan fingerprint density at radius 2 is 1.57 bits per heavy atom. The zero-order chi connectivity index (χ0) is 6.08. The van der Waals surface area contributed by atoms with E-state index in [0.717, 1.165) is 0 Å². The van der Waals surface area contributed by atoms with Crippen molar-refractivity contribution in [1.82, 2.24) is 0 Å². The van der Waals surface area contributed by atoms with Crippen molar-refractivity contribution >= 4 is 14.9 Å². The van der Waals surface area contributed by atoms with Gasteiger partial charge in [-0.3, -0.25) is 0 Å². The minimum absolute atomic E-state index is 4.83. The Bertz CT molecular complexity index is 85.4. The molecule has 0 fully saturated rings. The monoisotopic (exact) mass is 178 g/mol. The Kier molecular flexibility index (Phi) is 1.95. The SMILES string of the molecule is O=[AsH](O)C(F)(F)F. The summed E-state index contributed by atoms with van der Waals surface area (Å²) in [6, 6.07) is 0. The summed E-state index contributed by atoms with van der Waals surface area (Å²) in [7, 11) is 0. The number of rotatable bonds is 0. The molecule has 0 aromatic heterocycles. The average Bonchev–Trinajstić information content (AvgIpc) is 1.31. The van der Waals surface area contributed by atoms with Crippen LogP contribution in [0.2, 0.25) is 0 Å². The maximum atomic E-state index is 10.7. The van der Waals surface area contributed by atoms with E-state index in [9.17, 15) is 13.2 Å². The van der Waals surface area contributed by atoms with E-state index in [2.05, 4.69) is 0 Å². The van der Waals surface area contributed by atoms with Crippen LogP contribution in [-0.4, -0.2) is 24.0 Å². The van der Waals surface area contributed by atoms with Gasteiger partial charge in [0.15, 0.2) is 0 Å². The van der Waals surface area contributed by atoms with Gasteiger partial charge in [0.05, 0.1) is 0 Å². The van der Waals surface area contributed by atoms with Gasteiger partial charge in [-0.2, -0.15) is 0 Å². The first-order valence-corrected chi connectivity index (χ1v) is 4.09. The molecule has 0 aliphatic rings. The summed E-state index contributed by atoms with van der Waals surface area (Å²) in [6.45, 7) is 0. The molecule has 0 aromatic rings. The number of hydrogen-bond acceptors (Lipinski definition) is 1. The van der Waals surface area contributed by atoms with E-state index in [1.807, 2.05) is 0 Å². The number of halogens is 3. The molecule has 0 saturated carbocycles. The summed E-state index contributed by atoms with van der Waals surface area (Å²) >= 11 is -4.84. The van der Waals surface area contributed by atoms with E-state index >= 15 is 0 Å². The van der Waals surface area contributed by atoms with Crippen LogP contribution < -0.4 is 0 Å². The summed E-state index contributed by atoms with van der Waals surface area (Å²) in [5.74, 6) is 0. The van der Waals surface area contributed by atoms with Crippen molar-refractivity contribution in [3.8, 4) is 0 Å². The molecular weight excluding hydrogens is 176 g/mol. The maximum absolute atomic E-state index is 10.7. The van der Waals surface area contributed by atoms with Crippen LogP contribution in [0.3, 0.4) is 0 Å². The molecule has 0 amide bonds. The van der Waals surface area contributed by atoms with Crippen molar-refractivity contribution in [1.29, 1.82) is 0 Å². The Hall–Kier alpha value is 0.108. The van der Waals surface area contributed by atoms with Crippen molar-refractivity contribution in [2.75, 3.05) is 0 Å². The van der Waals surface area contributed by atoms with Gasteiger partial charge in [0, 0.05) is 0 Å². The summed E-state index contributed by atoms with van der Waals surface area (Å²) < 4.78 is 48.6. The molecule has 0 heterocycles. The van der Waals surface area contributed by atoms with E-state index < -0.39 is 19.9 Å². The van der Waals surface area contributed by atoms with E-state index in [0.29, 0.717) is 0 Å². The number of hydrogen-bond donors (Lipinski definition) is 1. The first-order valence-electron chi connectivity index (χ1n) is 1.24. The zero-order valence-electron chi connectivity index (χ0n) is 2.99. The van der Waals surface area contributed by atoms with Gasteiger partial charge in [0.2, 0.25) is 0 Å². The first kappa shape index (κ1) is 7.11. The van der Waals surface area contributed by atoms with Crippen molar-refractivity contribution in [2.45, 2.75) is 4.96 Å². The van der Waals surface area contributed by atoms with Crippen molar-refractivity contribution in [2.24, 2.45) is 0 Å². The van der Waals surface area contributed by atoms with Crippen LogP contribution in [0.5, 0.6) is 0 Å². The van der Waals surface area contributed by atoms with Crippen molar-refractivity contribution in [3.05, 3.63) is 0 Å². The fourth-order valence-corrected chi connectivity index (χ4v) is 0. The molecule has 0 aliphatic carbocycles. The molecule has 0 spiro atoms. The standard InChI is InChI=1S/CH2AsF3O2/c3-1(4,5)2(6)7/h2H,(H,6,7). The van der Waals surface area contributed by atoms with Crippen LogP contribution in [0.15, 0.2) is 0 Å². The van der Waals surface area contributed by atoms with E-state index in [4.69, 9.17) is 7.84 Å². The third kappa shape index (κ3) is 2.76. The van der Waals surface area contributed by atoms with Crippen LogP contribution in [0.4, 0.5) is 13.2 Å². The molecule has 6 heteroatoms. The molecular formula is CH2AsF3O2. The van der Waals surface area contributed by atoms with Crippen LogP contribution in [0, 0.1) is 0 Å². The molecule has 0 rings (SSSR count). The topological polar surface area (TPSA) is 37.3 Å². The van der Waals surface area contributed by atoms with Gasteiger partial charge in [-0.05, 0) is 0 Å². The fourth-order valence-electron chi connectivity index (χ4n) is 0. The zero-order valence-corrected chi connectivity index (χ0v) is 5.09.